The number of rotatable bonds is 5. The zero-order valence-corrected chi connectivity index (χ0v) is 26.1. The number of methoxy groups -OCH3 is 1. The molecule has 3 heterocycles. The fourth-order valence-electron chi connectivity index (χ4n) is 6.56. The molecule has 0 bridgehead atoms. The molecule has 0 spiro atoms. The third-order valence-corrected chi connectivity index (χ3v) is 10.1. The number of nitrogens with zero attached hydrogens (tertiary/aromatic N) is 3. The molecule has 1 fully saturated rings. The van der Waals surface area contributed by atoms with Gasteiger partial charge < -0.3 is 14.4 Å². The van der Waals surface area contributed by atoms with Gasteiger partial charge in [0.2, 0.25) is 0 Å². The Labute approximate surface area is 251 Å². The lowest BCUT2D eigenvalue weighted by molar-refractivity contribution is -0.146. The molecule has 0 N–H and O–H groups in total. The van der Waals surface area contributed by atoms with Crippen LogP contribution in [0.3, 0.4) is 0 Å². The summed E-state index contributed by atoms with van der Waals surface area (Å²) >= 11 is 0. The highest BCUT2D eigenvalue weighted by Gasteiger charge is 2.43. The van der Waals surface area contributed by atoms with Crippen molar-refractivity contribution >= 4 is 32.9 Å². The van der Waals surface area contributed by atoms with E-state index < -0.39 is 49.9 Å². The second kappa shape index (κ2) is 10.8. The molecule has 0 amide bonds. The van der Waals surface area contributed by atoms with Gasteiger partial charge in [0, 0.05) is 26.1 Å². The van der Waals surface area contributed by atoms with Crippen LogP contribution >= 0.6 is 0 Å². The summed E-state index contributed by atoms with van der Waals surface area (Å²) in [5.74, 6) is -0.390. The maximum absolute atomic E-state index is 14.2. The monoisotopic (exact) mass is 621 g/mol. The van der Waals surface area contributed by atoms with Crippen LogP contribution in [0.5, 0.6) is 0 Å². The number of carbonyl (C=O) groups is 1. The van der Waals surface area contributed by atoms with Gasteiger partial charge in [-0.3, -0.25) is 14.0 Å². The number of hydrogen-bond donors (Lipinski definition) is 0. The Morgan fingerprint density at radius 3 is 2.42 bits per heavy atom. The molecule has 0 aliphatic carbocycles. The zero-order valence-electron chi connectivity index (χ0n) is 25.2. The van der Waals surface area contributed by atoms with E-state index in [1.54, 1.807) is 6.92 Å². The standard InChI is InChI=1S/C31H38F3N3O5S/c1-20(28(38)41-6)35-12-13-36-24(18-35)19-37(43(39,40)25-9-7-8-23(15-25)31(32,33)34)27-14-21(10-11-26(27)36)22-16-29(2,3)42-30(4,5)17-22/h7-11,14-16,20,24H,12-13,17-19H2,1-6H3/t20?,24-/m0/s1. The highest BCUT2D eigenvalue weighted by molar-refractivity contribution is 7.92. The van der Waals surface area contributed by atoms with Crippen LogP contribution in [0.2, 0.25) is 0 Å². The minimum Gasteiger partial charge on any atom is -0.468 e. The Bertz CT molecular complexity index is 1550. The Morgan fingerprint density at radius 2 is 1.77 bits per heavy atom. The van der Waals surface area contributed by atoms with E-state index >= 15 is 0 Å². The Morgan fingerprint density at radius 1 is 1.05 bits per heavy atom. The minimum absolute atomic E-state index is 0.00142. The van der Waals surface area contributed by atoms with Crippen molar-refractivity contribution in [2.45, 2.75) is 75.4 Å². The number of hydrogen-bond acceptors (Lipinski definition) is 7. The number of benzene rings is 2. The molecule has 1 saturated heterocycles. The van der Waals surface area contributed by atoms with Crippen molar-refractivity contribution in [3.05, 3.63) is 59.7 Å². The van der Waals surface area contributed by atoms with Crippen LogP contribution in [0, 0.1) is 0 Å². The molecule has 12 heteroatoms. The molecule has 2 aromatic carbocycles. The maximum atomic E-state index is 14.2. The van der Waals surface area contributed by atoms with Gasteiger partial charge in [-0.2, -0.15) is 13.2 Å². The van der Waals surface area contributed by atoms with Gasteiger partial charge in [0.1, 0.15) is 6.04 Å². The molecule has 2 atom stereocenters. The van der Waals surface area contributed by atoms with Crippen LogP contribution in [0.15, 0.2) is 53.4 Å². The third-order valence-electron chi connectivity index (χ3n) is 8.33. The number of piperazine rings is 1. The number of fused-ring (bicyclic) bond motifs is 3. The lowest BCUT2D eigenvalue weighted by Crippen LogP contribution is -2.62. The van der Waals surface area contributed by atoms with E-state index in [0.717, 1.165) is 23.3 Å². The van der Waals surface area contributed by atoms with Crippen LogP contribution in [-0.4, -0.2) is 75.9 Å². The first-order chi connectivity index (χ1) is 19.9. The molecule has 8 nitrogen and oxygen atoms in total. The molecular formula is C31H38F3N3O5S. The van der Waals surface area contributed by atoms with E-state index in [0.29, 0.717) is 43.5 Å². The van der Waals surface area contributed by atoms with Crippen LogP contribution < -0.4 is 9.21 Å². The molecule has 3 aliphatic heterocycles. The normalized spacial score (nSPS) is 22.7. The van der Waals surface area contributed by atoms with Crippen LogP contribution in [-0.2, 0) is 30.5 Å². The Balaban J connectivity index is 1.61. The number of alkyl halides is 3. The number of sulfonamides is 1. The molecule has 3 aliphatic rings. The molecule has 0 saturated carbocycles. The SMILES string of the molecule is COC(=O)C(C)N1CCN2c3ccc(C4=CC(C)(C)OC(C)(C)C4)cc3N(S(=O)(=O)c3cccc(C(F)(F)F)c3)C[C@@H]2C1. The molecule has 2 aromatic rings. The van der Waals surface area contributed by atoms with E-state index in [-0.39, 0.29) is 12.6 Å². The quantitative estimate of drug-likeness (QED) is 0.418. The van der Waals surface area contributed by atoms with Gasteiger partial charge in [-0.1, -0.05) is 12.1 Å². The second-order valence-electron chi connectivity index (χ2n) is 12.6. The summed E-state index contributed by atoms with van der Waals surface area (Å²) in [4.78, 5) is 15.9. The van der Waals surface area contributed by atoms with E-state index in [1.807, 2.05) is 56.9 Å². The van der Waals surface area contributed by atoms with E-state index in [1.165, 1.54) is 17.5 Å². The molecule has 234 valence electrons. The lowest BCUT2D eigenvalue weighted by atomic mass is 9.85. The number of halogens is 3. The predicted molar refractivity (Wildman–Crippen MR) is 158 cm³/mol. The summed E-state index contributed by atoms with van der Waals surface area (Å²) < 4.78 is 81.5. The first-order valence-corrected chi connectivity index (χ1v) is 15.7. The number of esters is 1. The van der Waals surface area contributed by atoms with Crippen molar-refractivity contribution in [1.29, 1.82) is 0 Å². The second-order valence-corrected chi connectivity index (χ2v) is 14.5. The van der Waals surface area contributed by atoms with Crippen molar-refractivity contribution in [1.82, 2.24) is 4.90 Å². The molecular weight excluding hydrogens is 583 g/mol. The van der Waals surface area contributed by atoms with Gasteiger partial charge in [0.05, 0.1) is 52.7 Å². The highest BCUT2D eigenvalue weighted by Crippen LogP contribution is 2.45. The predicted octanol–water partition coefficient (Wildman–Crippen LogP) is 5.33. The molecule has 0 radical (unpaired) electrons. The topological polar surface area (TPSA) is 79.4 Å². The van der Waals surface area contributed by atoms with Gasteiger partial charge in [0.25, 0.3) is 10.0 Å². The average Bonchev–Trinajstić information content (AvgIpc) is 2.93. The van der Waals surface area contributed by atoms with Crippen LogP contribution in [0.4, 0.5) is 24.5 Å². The Kier molecular flexibility index (Phi) is 7.88. The van der Waals surface area contributed by atoms with Crippen LogP contribution in [0.25, 0.3) is 5.57 Å². The first kappa shape index (κ1) is 31.3. The highest BCUT2D eigenvalue weighted by atomic mass is 32.2. The molecule has 0 aromatic heterocycles. The van der Waals surface area contributed by atoms with Gasteiger partial charge in [-0.15, -0.1) is 0 Å². The van der Waals surface area contributed by atoms with Crippen molar-refractivity contribution in [2.75, 3.05) is 42.5 Å². The van der Waals surface area contributed by atoms with Gasteiger partial charge in [-0.05, 0) is 82.2 Å². The summed E-state index contributed by atoms with van der Waals surface area (Å²) in [6, 6.07) is 8.64. The molecule has 5 rings (SSSR count). The zero-order chi connectivity index (χ0) is 31.5. The summed E-state index contributed by atoms with van der Waals surface area (Å²) in [5, 5.41) is 0. The fourth-order valence-corrected chi connectivity index (χ4v) is 8.11. The van der Waals surface area contributed by atoms with Crippen molar-refractivity contribution < 1.29 is 35.9 Å². The molecule has 1 unspecified atom stereocenters. The first-order valence-electron chi connectivity index (χ1n) is 14.3. The summed E-state index contributed by atoms with van der Waals surface area (Å²) in [7, 11) is -3.09. The number of anilines is 2. The van der Waals surface area contributed by atoms with E-state index in [2.05, 4.69) is 4.90 Å². The van der Waals surface area contributed by atoms with E-state index in [4.69, 9.17) is 9.47 Å². The van der Waals surface area contributed by atoms with Gasteiger partial charge in [0.15, 0.2) is 0 Å². The summed E-state index contributed by atoms with van der Waals surface area (Å²) in [5.41, 5.74) is 0.868. The van der Waals surface area contributed by atoms with Crippen LogP contribution in [0.1, 0.15) is 52.2 Å². The van der Waals surface area contributed by atoms with Crippen molar-refractivity contribution in [2.24, 2.45) is 0 Å². The van der Waals surface area contributed by atoms with E-state index in [9.17, 15) is 26.4 Å². The Hall–Kier alpha value is -3.09. The van der Waals surface area contributed by atoms with Gasteiger partial charge >= 0.3 is 12.1 Å². The number of carbonyl (C=O) groups excluding carboxylic acids is 1. The van der Waals surface area contributed by atoms with Crippen molar-refractivity contribution in [3.63, 3.8) is 0 Å². The summed E-state index contributed by atoms with van der Waals surface area (Å²) in [6.07, 6.45) is -2.06. The summed E-state index contributed by atoms with van der Waals surface area (Å²) in [6.45, 7) is 11.1. The fraction of sp³-hybridized carbons (Fsp3) is 0.516. The molecule has 43 heavy (non-hydrogen) atoms. The third kappa shape index (κ3) is 6.14. The lowest BCUT2D eigenvalue weighted by Gasteiger charge is -2.50. The van der Waals surface area contributed by atoms with Crippen molar-refractivity contribution in [3.8, 4) is 0 Å². The van der Waals surface area contributed by atoms with Gasteiger partial charge in [-0.25, -0.2) is 8.42 Å². The minimum atomic E-state index is -4.70. The average molecular weight is 622 g/mol. The smallest absolute Gasteiger partial charge is 0.416 e. The number of ether oxygens (including phenoxy) is 2. The maximum Gasteiger partial charge on any atom is 0.416 e. The largest absolute Gasteiger partial charge is 0.468 e.